The van der Waals surface area contributed by atoms with Gasteiger partial charge in [0.1, 0.15) is 0 Å². The average Bonchev–Trinajstić information content (AvgIpc) is 2.83. The van der Waals surface area contributed by atoms with E-state index < -0.39 is 0 Å². The van der Waals surface area contributed by atoms with Gasteiger partial charge in [0, 0.05) is 0 Å². The molecule has 7 unspecified atom stereocenters. The Kier molecular flexibility index (Phi) is 5.87. The number of fused-ring (bicyclic) bond motifs is 5. The van der Waals surface area contributed by atoms with E-state index in [1.807, 2.05) is 5.57 Å². The molecule has 0 aliphatic heterocycles. The van der Waals surface area contributed by atoms with Crippen LogP contribution in [0.1, 0.15) is 105 Å². The second kappa shape index (κ2) is 7.93. The van der Waals surface area contributed by atoms with Crippen LogP contribution < -0.4 is 0 Å². The maximum Gasteiger partial charge on any atom is 0.0578 e. The highest BCUT2D eigenvalue weighted by molar-refractivity contribution is 5.37. The van der Waals surface area contributed by atoms with Crippen molar-refractivity contribution in [3.05, 3.63) is 23.3 Å². The standard InChI is InChI=1S/C27H44O/c1-5-6-9-19(2)23-10-7-11-25-22-14-13-20-18-21(28)15-17-26(20,3)24(22)12-8-16-27(23,25)4/h13-14,19,21,23-25,28H,5-12,15-18H2,1-4H3. The van der Waals surface area contributed by atoms with Gasteiger partial charge in [-0.2, -0.15) is 0 Å². The molecule has 0 saturated heterocycles. The van der Waals surface area contributed by atoms with Crippen molar-refractivity contribution < 1.29 is 5.11 Å². The Morgan fingerprint density at radius 1 is 1.04 bits per heavy atom. The summed E-state index contributed by atoms with van der Waals surface area (Å²) in [6.45, 7) is 10.1. The molecule has 0 spiro atoms. The lowest BCUT2D eigenvalue weighted by atomic mass is 9.51. The van der Waals surface area contributed by atoms with Crippen LogP contribution in [-0.4, -0.2) is 11.2 Å². The number of aliphatic hydroxyl groups excluding tert-OH is 1. The molecule has 7 atom stereocenters. The van der Waals surface area contributed by atoms with Crippen molar-refractivity contribution in [3.8, 4) is 0 Å². The molecule has 0 aromatic carbocycles. The first kappa shape index (κ1) is 20.7. The van der Waals surface area contributed by atoms with Crippen molar-refractivity contribution in [2.45, 2.75) is 111 Å². The van der Waals surface area contributed by atoms with E-state index in [2.05, 4.69) is 39.8 Å². The van der Waals surface area contributed by atoms with Crippen LogP contribution in [0.3, 0.4) is 0 Å². The predicted octanol–water partition coefficient (Wildman–Crippen LogP) is 7.45. The van der Waals surface area contributed by atoms with Gasteiger partial charge in [0.2, 0.25) is 0 Å². The Bertz CT molecular complexity index is 630. The molecular weight excluding hydrogens is 340 g/mol. The second-order valence-corrected chi connectivity index (χ2v) is 11.3. The molecule has 4 rings (SSSR count). The van der Waals surface area contributed by atoms with Crippen molar-refractivity contribution in [1.82, 2.24) is 0 Å². The SMILES string of the molecule is CCCCC(C)C1CCCC2C3=CC=C4CC(O)CCC4(C)C3CCCC21C. The molecule has 158 valence electrons. The van der Waals surface area contributed by atoms with Crippen LogP contribution in [0.4, 0.5) is 0 Å². The van der Waals surface area contributed by atoms with Gasteiger partial charge in [-0.15, -0.1) is 0 Å². The number of allylic oxidation sites excluding steroid dienone is 3. The van der Waals surface area contributed by atoms with Crippen molar-refractivity contribution >= 4 is 0 Å². The molecule has 0 radical (unpaired) electrons. The third-order valence-electron chi connectivity index (χ3n) is 9.80. The van der Waals surface area contributed by atoms with Gasteiger partial charge in [-0.1, -0.05) is 83.1 Å². The van der Waals surface area contributed by atoms with Gasteiger partial charge in [0.15, 0.2) is 0 Å². The molecule has 4 aliphatic rings. The van der Waals surface area contributed by atoms with Gasteiger partial charge >= 0.3 is 0 Å². The van der Waals surface area contributed by atoms with E-state index in [4.69, 9.17) is 0 Å². The highest BCUT2D eigenvalue weighted by atomic mass is 16.3. The third-order valence-corrected chi connectivity index (χ3v) is 9.80. The topological polar surface area (TPSA) is 20.2 Å². The molecule has 0 amide bonds. The average molecular weight is 385 g/mol. The van der Waals surface area contributed by atoms with Crippen molar-refractivity contribution in [2.75, 3.05) is 0 Å². The van der Waals surface area contributed by atoms with Gasteiger partial charge in [-0.25, -0.2) is 0 Å². The molecule has 0 bridgehead atoms. The summed E-state index contributed by atoms with van der Waals surface area (Å²) in [5, 5.41) is 10.2. The molecule has 28 heavy (non-hydrogen) atoms. The number of hydrogen-bond donors (Lipinski definition) is 1. The number of hydrogen-bond acceptors (Lipinski definition) is 1. The Morgan fingerprint density at radius 2 is 1.82 bits per heavy atom. The van der Waals surface area contributed by atoms with E-state index in [1.165, 1.54) is 64.2 Å². The lowest BCUT2D eigenvalue weighted by Gasteiger charge is -2.53. The molecular formula is C27H44O. The zero-order chi connectivity index (χ0) is 19.9. The molecule has 0 aromatic heterocycles. The Hall–Kier alpha value is -0.560. The number of aliphatic hydroxyl groups is 1. The van der Waals surface area contributed by atoms with Crippen molar-refractivity contribution in [3.63, 3.8) is 0 Å². The molecule has 3 saturated carbocycles. The van der Waals surface area contributed by atoms with Crippen LogP contribution in [0.25, 0.3) is 0 Å². The normalized spacial score (nSPS) is 44.3. The summed E-state index contributed by atoms with van der Waals surface area (Å²) >= 11 is 0. The molecule has 1 nitrogen and oxygen atoms in total. The number of rotatable bonds is 4. The molecule has 1 N–H and O–H groups in total. The van der Waals surface area contributed by atoms with Crippen LogP contribution in [0.15, 0.2) is 23.3 Å². The van der Waals surface area contributed by atoms with Gasteiger partial charge in [0.25, 0.3) is 0 Å². The molecule has 3 fully saturated rings. The highest BCUT2D eigenvalue weighted by Crippen LogP contribution is 2.63. The maximum atomic E-state index is 10.2. The van der Waals surface area contributed by atoms with Crippen molar-refractivity contribution in [2.24, 2.45) is 34.5 Å². The highest BCUT2D eigenvalue weighted by Gasteiger charge is 2.53. The van der Waals surface area contributed by atoms with E-state index in [-0.39, 0.29) is 6.10 Å². The van der Waals surface area contributed by atoms with E-state index in [1.54, 1.807) is 5.57 Å². The summed E-state index contributed by atoms with van der Waals surface area (Å²) in [4.78, 5) is 0. The Labute approximate surface area is 174 Å². The summed E-state index contributed by atoms with van der Waals surface area (Å²) in [5.41, 5.74) is 4.18. The third kappa shape index (κ3) is 3.34. The predicted molar refractivity (Wildman–Crippen MR) is 119 cm³/mol. The minimum absolute atomic E-state index is 0.108. The van der Waals surface area contributed by atoms with E-state index in [9.17, 15) is 5.11 Å². The van der Waals surface area contributed by atoms with Gasteiger partial charge in [0.05, 0.1) is 6.10 Å². The monoisotopic (exact) mass is 384 g/mol. The lowest BCUT2D eigenvalue weighted by molar-refractivity contribution is 0.0128. The summed E-state index contributed by atoms with van der Waals surface area (Å²) < 4.78 is 0. The fourth-order valence-corrected chi connectivity index (χ4v) is 8.11. The summed E-state index contributed by atoms with van der Waals surface area (Å²) in [6.07, 6.45) is 20.6. The minimum atomic E-state index is -0.108. The van der Waals surface area contributed by atoms with Gasteiger partial charge in [-0.05, 0) is 79.4 Å². The first-order valence-corrected chi connectivity index (χ1v) is 12.5. The van der Waals surface area contributed by atoms with E-state index >= 15 is 0 Å². The van der Waals surface area contributed by atoms with Gasteiger partial charge in [-0.3, -0.25) is 0 Å². The van der Waals surface area contributed by atoms with E-state index in [0.717, 1.165) is 36.5 Å². The fourth-order valence-electron chi connectivity index (χ4n) is 8.11. The largest absolute Gasteiger partial charge is 0.393 e. The molecule has 4 aliphatic carbocycles. The Balaban J connectivity index is 1.67. The second-order valence-electron chi connectivity index (χ2n) is 11.3. The summed E-state index contributed by atoms with van der Waals surface area (Å²) in [7, 11) is 0. The molecule has 0 heterocycles. The van der Waals surface area contributed by atoms with Crippen LogP contribution >= 0.6 is 0 Å². The smallest absolute Gasteiger partial charge is 0.0578 e. The van der Waals surface area contributed by atoms with Crippen LogP contribution in [0.5, 0.6) is 0 Å². The fraction of sp³-hybridized carbons (Fsp3) is 0.852. The first-order chi connectivity index (χ1) is 13.4. The van der Waals surface area contributed by atoms with E-state index in [0.29, 0.717) is 10.8 Å². The summed E-state index contributed by atoms with van der Waals surface area (Å²) in [5.74, 6) is 3.31. The minimum Gasteiger partial charge on any atom is -0.393 e. The molecule has 1 heteroatoms. The van der Waals surface area contributed by atoms with Crippen LogP contribution in [-0.2, 0) is 0 Å². The zero-order valence-electron chi connectivity index (χ0n) is 19.0. The van der Waals surface area contributed by atoms with Gasteiger partial charge < -0.3 is 5.11 Å². The number of unbranched alkanes of at least 4 members (excludes halogenated alkanes) is 1. The van der Waals surface area contributed by atoms with Crippen LogP contribution in [0.2, 0.25) is 0 Å². The van der Waals surface area contributed by atoms with Crippen molar-refractivity contribution in [1.29, 1.82) is 0 Å². The first-order valence-electron chi connectivity index (χ1n) is 12.5. The Morgan fingerprint density at radius 3 is 2.61 bits per heavy atom. The molecule has 0 aromatic rings. The zero-order valence-corrected chi connectivity index (χ0v) is 19.0. The maximum absolute atomic E-state index is 10.2. The summed E-state index contributed by atoms with van der Waals surface area (Å²) in [6, 6.07) is 0. The lowest BCUT2D eigenvalue weighted by Crippen LogP contribution is -2.45. The quantitative estimate of drug-likeness (QED) is 0.533. The van der Waals surface area contributed by atoms with Crippen LogP contribution in [0, 0.1) is 34.5 Å².